The maximum Gasteiger partial charge on any atom is 0.573 e. The predicted octanol–water partition coefficient (Wildman–Crippen LogP) is 7.10. The second kappa shape index (κ2) is 14.5. The van der Waals surface area contributed by atoms with Crippen molar-refractivity contribution < 1.29 is 32.2 Å². The van der Waals surface area contributed by atoms with Crippen LogP contribution in [-0.2, 0) is 16.0 Å². The van der Waals surface area contributed by atoms with Gasteiger partial charge in [0.05, 0.1) is 24.2 Å². The number of nitrogens with one attached hydrogen (secondary N) is 1. The zero-order valence-corrected chi connectivity index (χ0v) is 27.3. The Kier molecular flexibility index (Phi) is 10.4. The number of nitrogens with zero attached hydrogens (tertiary/aromatic N) is 4. The summed E-state index contributed by atoms with van der Waals surface area (Å²) in [6.07, 6.45) is -1.47. The lowest BCUT2D eigenvalue weighted by molar-refractivity contribution is -0.274. The van der Waals surface area contributed by atoms with E-state index in [1.54, 1.807) is 12.0 Å². The van der Waals surface area contributed by atoms with Crippen molar-refractivity contribution in [2.24, 2.45) is 5.92 Å². The van der Waals surface area contributed by atoms with E-state index in [-0.39, 0.29) is 29.4 Å². The van der Waals surface area contributed by atoms with Crippen molar-refractivity contribution in [3.05, 3.63) is 84.2 Å². The molecule has 2 unspecified atom stereocenters. The lowest BCUT2D eigenvalue weighted by atomic mass is 9.96. The minimum Gasteiger partial charge on any atom is -0.497 e. The molecule has 0 bridgehead atoms. The monoisotopic (exact) mass is 667 g/mol. The van der Waals surface area contributed by atoms with Crippen LogP contribution in [0.3, 0.4) is 0 Å². The van der Waals surface area contributed by atoms with Crippen LogP contribution in [0.25, 0.3) is 17.1 Å². The Labute approximate surface area is 275 Å². The summed E-state index contributed by atoms with van der Waals surface area (Å²) in [5.41, 5.74) is 3.74. The van der Waals surface area contributed by atoms with E-state index < -0.39 is 11.9 Å². The van der Waals surface area contributed by atoms with Crippen LogP contribution < -0.4 is 19.7 Å². The standard InChI is InChI=1S/C34H36F3N5O4S/c1-21(2)28-18-27(45-4)14-15-29(28)42-31(44)19-47-33(42)39-30(43)16-5-22(3)17-23-6-8-24(9-7-23)32-38-20-41(40-32)25-10-12-26(13-11-25)46-34(35,36)37/h6-15,18,20-22,33H,5,16-17,19H2,1-4H3,(H,39,43). The van der Waals surface area contributed by atoms with Gasteiger partial charge in [0, 0.05) is 12.0 Å². The van der Waals surface area contributed by atoms with Crippen molar-refractivity contribution in [2.45, 2.75) is 57.8 Å². The van der Waals surface area contributed by atoms with Gasteiger partial charge < -0.3 is 14.8 Å². The van der Waals surface area contributed by atoms with Crippen LogP contribution in [0.15, 0.2) is 73.1 Å². The van der Waals surface area contributed by atoms with Gasteiger partial charge in [-0.2, -0.15) is 0 Å². The molecule has 0 spiro atoms. The summed E-state index contributed by atoms with van der Waals surface area (Å²) >= 11 is 1.41. The zero-order chi connectivity index (χ0) is 33.7. The molecule has 2 amide bonds. The Bertz CT molecular complexity index is 1690. The molecule has 13 heteroatoms. The van der Waals surface area contributed by atoms with E-state index in [2.05, 4.69) is 40.9 Å². The van der Waals surface area contributed by atoms with Crippen LogP contribution in [0.1, 0.15) is 50.7 Å². The van der Waals surface area contributed by atoms with Gasteiger partial charge in [-0.05, 0) is 78.3 Å². The van der Waals surface area contributed by atoms with Gasteiger partial charge in [-0.1, -0.05) is 45.0 Å². The summed E-state index contributed by atoms with van der Waals surface area (Å²) in [6.45, 7) is 6.22. The number of amides is 2. The maximum absolute atomic E-state index is 13.0. The van der Waals surface area contributed by atoms with Crippen molar-refractivity contribution in [3.8, 4) is 28.6 Å². The fourth-order valence-electron chi connectivity index (χ4n) is 5.34. The van der Waals surface area contributed by atoms with E-state index >= 15 is 0 Å². The quantitative estimate of drug-likeness (QED) is 0.172. The van der Waals surface area contributed by atoms with Crippen molar-refractivity contribution in [1.29, 1.82) is 0 Å². The molecule has 1 N–H and O–H groups in total. The van der Waals surface area contributed by atoms with Crippen molar-refractivity contribution in [1.82, 2.24) is 20.1 Å². The molecule has 1 aliphatic heterocycles. The molecule has 2 heterocycles. The molecule has 2 atom stereocenters. The summed E-state index contributed by atoms with van der Waals surface area (Å²) in [6, 6.07) is 18.9. The normalized spacial score (nSPS) is 15.6. The summed E-state index contributed by atoms with van der Waals surface area (Å²) in [4.78, 5) is 31.9. The molecular weight excluding hydrogens is 631 g/mol. The Morgan fingerprint density at radius 3 is 2.40 bits per heavy atom. The SMILES string of the molecule is COc1ccc(N2C(=O)CSC2NC(=O)CCC(C)Cc2ccc(-c3ncn(-c4ccc(OC(F)(F)F)cc4)n3)cc2)c(C(C)C)c1. The third-order valence-corrected chi connectivity index (χ3v) is 8.81. The first-order chi connectivity index (χ1) is 22.4. The highest BCUT2D eigenvalue weighted by molar-refractivity contribution is 8.01. The number of aromatic nitrogens is 3. The Morgan fingerprint density at radius 1 is 1.04 bits per heavy atom. The summed E-state index contributed by atoms with van der Waals surface area (Å²) in [5.74, 6) is 1.43. The minimum atomic E-state index is -4.75. The molecule has 47 heavy (non-hydrogen) atoms. The number of halogens is 3. The fraction of sp³-hybridized carbons (Fsp3) is 0.353. The van der Waals surface area contributed by atoms with Crippen molar-refractivity contribution >= 4 is 29.3 Å². The first-order valence-electron chi connectivity index (χ1n) is 15.2. The lowest BCUT2D eigenvalue weighted by Gasteiger charge is -2.28. The summed E-state index contributed by atoms with van der Waals surface area (Å²) in [5, 5.41) is 7.51. The van der Waals surface area contributed by atoms with Gasteiger partial charge in [-0.3, -0.25) is 14.5 Å². The molecular formula is C34H36F3N5O4S. The summed E-state index contributed by atoms with van der Waals surface area (Å²) < 4.78 is 48.1. The maximum atomic E-state index is 13.0. The third kappa shape index (κ3) is 8.64. The first-order valence-corrected chi connectivity index (χ1v) is 16.2. The molecule has 1 aromatic heterocycles. The molecule has 1 saturated heterocycles. The molecule has 1 aliphatic rings. The van der Waals surface area contributed by atoms with E-state index in [4.69, 9.17) is 4.74 Å². The number of ether oxygens (including phenoxy) is 2. The highest BCUT2D eigenvalue weighted by Gasteiger charge is 2.35. The van der Waals surface area contributed by atoms with E-state index in [0.29, 0.717) is 30.1 Å². The first kappa shape index (κ1) is 33.8. The molecule has 9 nitrogen and oxygen atoms in total. The van der Waals surface area contributed by atoms with Gasteiger partial charge in [0.15, 0.2) is 11.3 Å². The van der Waals surface area contributed by atoms with Gasteiger partial charge in [0.1, 0.15) is 17.8 Å². The highest BCUT2D eigenvalue weighted by atomic mass is 32.2. The number of carbonyl (C=O) groups is 2. The van der Waals surface area contributed by atoms with Crippen LogP contribution >= 0.6 is 11.8 Å². The van der Waals surface area contributed by atoms with E-state index in [9.17, 15) is 22.8 Å². The van der Waals surface area contributed by atoms with Crippen LogP contribution in [0.4, 0.5) is 18.9 Å². The molecule has 0 aliphatic carbocycles. The number of anilines is 1. The Morgan fingerprint density at radius 2 is 1.74 bits per heavy atom. The average Bonchev–Trinajstić information content (AvgIpc) is 3.67. The third-order valence-electron chi connectivity index (χ3n) is 7.76. The van der Waals surface area contributed by atoms with Crippen LogP contribution in [0.5, 0.6) is 11.5 Å². The van der Waals surface area contributed by atoms with Crippen molar-refractivity contribution in [2.75, 3.05) is 17.8 Å². The molecule has 4 aromatic rings. The number of alkyl halides is 3. The number of carbonyl (C=O) groups excluding carboxylic acids is 2. The number of benzene rings is 3. The molecule has 5 rings (SSSR count). The van der Waals surface area contributed by atoms with Crippen LogP contribution in [-0.4, -0.2) is 51.3 Å². The molecule has 0 radical (unpaired) electrons. The van der Waals surface area contributed by atoms with Gasteiger partial charge in [-0.15, -0.1) is 30.0 Å². The molecule has 3 aromatic carbocycles. The molecule has 0 saturated carbocycles. The lowest BCUT2D eigenvalue weighted by Crippen LogP contribution is -2.45. The Hall–Kier alpha value is -4.52. The number of rotatable bonds is 12. The smallest absolute Gasteiger partial charge is 0.497 e. The summed E-state index contributed by atoms with van der Waals surface area (Å²) in [7, 11) is 1.61. The second-order valence-corrected chi connectivity index (χ2v) is 12.7. The van der Waals surface area contributed by atoms with Gasteiger partial charge in [0.25, 0.3) is 0 Å². The van der Waals surface area contributed by atoms with Crippen LogP contribution in [0, 0.1) is 5.92 Å². The van der Waals surface area contributed by atoms with E-state index in [0.717, 1.165) is 34.5 Å². The Balaban J connectivity index is 1.13. The molecule has 1 fully saturated rings. The van der Waals surface area contributed by atoms with E-state index in [1.165, 1.54) is 47.0 Å². The minimum absolute atomic E-state index is 0.0419. The van der Waals surface area contributed by atoms with Gasteiger partial charge in [-0.25, -0.2) is 9.67 Å². The topological polar surface area (TPSA) is 98.6 Å². The highest BCUT2D eigenvalue weighted by Crippen LogP contribution is 2.37. The number of hydrogen-bond acceptors (Lipinski definition) is 7. The van der Waals surface area contributed by atoms with Gasteiger partial charge >= 0.3 is 6.36 Å². The number of hydrogen-bond donors (Lipinski definition) is 1. The second-order valence-electron chi connectivity index (χ2n) is 11.7. The number of thioether (sulfide) groups is 1. The van der Waals surface area contributed by atoms with E-state index in [1.807, 2.05) is 42.5 Å². The largest absolute Gasteiger partial charge is 0.573 e. The fourth-order valence-corrected chi connectivity index (χ4v) is 6.37. The van der Waals surface area contributed by atoms with Crippen LogP contribution in [0.2, 0.25) is 0 Å². The number of methoxy groups -OCH3 is 1. The van der Waals surface area contributed by atoms with Crippen molar-refractivity contribution in [3.63, 3.8) is 0 Å². The molecule has 248 valence electrons. The average molecular weight is 668 g/mol. The predicted molar refractivity (Wildman–Crippen MR) is 175 cm³/mol. The zero-order valence-electron chi connectivity index (χ0n) is 26.5. The van der Waals surface area contributed by atoms with Gasteiger partial charge in [0.2, 0.25) is 11.8 Å².